The van der Waals surface area contributed by atoms with Crippen LogP contribution in [0.3, 0.4) is 0 Å². The second-order valence-corrected chi connectivity index (χ2v) is 13.0. The van der Waals surface area contributed by atoms with Crippen molar-refractivity contribution in [2.75, 3.05) is 31.6 Å². The summed E-state index contributed by atoms with van der Waals surface area (Å²) < 4.78 is -0.732. The third-order valence-electron chi connectivity index (χ3n) is 8.10. The summed E-state index contributed by atoms with van der Waals surface area (Å²) in [7, 11) is 1.73. The van der Waals surface area contributed by atoms with E-state index in [2.05, 4.69) is 13.2 Å². The van der Waals surface area contributed by atoms with E-state index in [0.29, 0.717) is 30.1 Å². The first-order chi connectivity index (χ1) is 18.1. The highest BCUT2D eigenvalue weighted by Crippen LogP contribution is 2.67. The largest absolute Gasteiger partial charge is 0.394 e. The molecule has 206 valence electrons. The van der Waals surface area contributed by atoms with Crippen LogP contribution in [0.5, 0.6) is 0 Å². The average molecular weight is 560 g/mol. The summed E-state index contributed by atoms with van der Waals surface area (Å²) in [6.07, 6.45) is 5.33. The normalized spacial score (nSPS) is 28.4. The van der Waals surface area contributed by atoms with Crippen molar-refractivity contribution in [3.05, 3.63) is 54.6 Å². The summed E-state index contributed by atoms with van der Waals surface area (Å²) in [6.45, 7) is 12.1. The van der Waals surface area contributed by atoms with Crippen LogP contribution in [-0.4, -0.2) is 81.5 Å². The van der Waals surface area contributed by atoms with Crippen LogP contribution in [-0.2, 0) is 14.4 Å². The molecule has 3 aliphatic rings. The van der Waals surface area contributed by atoms with Crippen LogP contribution in [0.4, 0.5) is 5.69 Å². The minimum absolute atomic E-state index is 0.0257. The Morgan fingerprint density at radius 2 is 1.87 bits per heavy atom. The quantitative estimate of drug-likeness (QED) is 0.414. The Balaban J connectivity index is 1.82. The molecule has 6 atom stereocenters. The third-order valence-corrected chi connectivity index (χ3v) is 10.3. The minimum Gasteiger partial charge on any atom is -0.394 e. The van der Waals surface area contributed by atoms with Gasteiger partial charge in [-0.15, -0.1) is 24.9 Å². The van der Waals surface area contributed by atoms with Gasteiger partial charge in [-0.05, 0) is 49.4 Å². The SMILES string of the molecule is C=CCN(C)C(=O)[C@@H]1[C@@H]2CCC3(S2)C(C(=O)N(CC=C)c2ccc(Cl)cc2)N([C@@H](CO)CC(C)C)C(=O)[C@H]13. The molecule has 0 aliphatic carbocycles. The molecule has 0 radical (unpaired) electrons. The molecule has 4 rings (SSSR count). The second-order valence-electron chi connectivity index (χ2n) is 11.0. The van der Waals surface area contributed by atoms with Gasteiger partial charge in [0.15, 0.2) is 0 Å². The molecule has 1 aromatic carbocycles. The standard InChI is InChI=1S/C29H38ClN3O4S/c1-6-14-31(5)26(35)23-22-12-13-29(38-22)24(23)27(36)33(21(17-34)16-18(3)4)25(29)28(37)32(15-7-2)20-10-8-19(30)9-11-20/h6-11,18,21-25,34H,1-2,12-17H2,3-5H3/t21-,22+,23-,24+,25?,29?/m1/s1. The number of hydrogen-bond donors (Lipinski definition) is 1. The first-order valence-electron chi connectivity index (χ1n) is 13.3. The number of hydrogen-bond acceptors (Lipinski definition) is 5. The molecule has 1 aromatic rings. The van der Waals surface area contributed by atoms with E-state index >= 15 is 0 Å². The predicted molar refractivity (Wildman–Crippen MR) is 153 cm³/mol. The number of carbonyl (C=O) groups excluding carboxylic acids is 3. The molecular weight excluding hydrogens is 522 g/mol. The smallest absolute Gasteiger partial charge is 0.251 e. The molecule has 3 aliphatic heterocycles. The van der Waals surface area contributed by atoms with Crippen molar-refractivity contribution in [2.24, 2.45) is 17.8 Å². The van der Waals surface area contributed by atoms with Crippen molar-refractivity contribution in [3.8, 4) is 0 Å². The molecule has 9 heteroatoms. The minimum atomic E-state index is -0.802. The van der Waals surface area contributed by atoms with Crippen LogP contribution in [0.25, 0.3) is 0 Å². The van der Waals surface area contributed by atoms with Crippen LogP contribution in [0.2, 0.25) is 5.02 Å². The molecule has 7 nitrogen and oxygen atoms in total. The molecule has 3 saturated heterocycles. The van der Waals surface area contributed by atoms with Gasteiger partial charge in [0.05, 0.1) is 29.2 Å². The fourth-order valence-corrected chi connectivity index (χ4v) is 8.94. The van der Waals surface area contributed by atoms with Gasteiger partial charge in [0.2, 0.25) is 11.8 Å². The van der Waals surface area contributed by atoms with Gasteiger partial charge in [-0.1, -0.05) is 37.6 Å². The molecular formula is C29H38ClN3O4S. The lowest BCUT2D eigenvalue weighted by Gasteiger charge is -2.40. The first-order valence-corrected chi connectivity index (χ1v) is 14.5. The van der Waals surface area contributed by atoms with Gasteiger partial charge in [0.25, 0.3) is 5.91 Å². The highest BCUT2D eigenvalue weighted by Gasteiger charge is 2.74. The number of benzene rings is 1. The average Bonchev–Trinajstić information content (AvgIpc) is 3.53. The van der Waals surface area contributed by atoms with Crippen molar-refractivity contribution in [3.63, 3.8) is 0 Å². The maximum absolute atomic E-state index is 14.6. The van der Waals surface area contributed by atoms with Crippen LogP contribution < -0.4 is 4.90 Å². The van der Waals surface area contributed by atoms with E-state index in [1.165, 1.54) is 0 Å². The summed E-state index contributed by atoms with van der Waals surface area (Å²) in [5.74, 6) is -1.41. The number of aliphatic hydroxyl groups excluding tert-OH is 1. The number of rotatable bonds is 11. The summed E-state index contributed by atoms with van der Waals surface area (Å²) in [5.41, 5.74) is 0.659. The van der Waals surface area contributed by atoms with Crippen molar-refractivity contribution in [1.29, 1.82) is 0 Å². The second kappa shape index (κ2) is 11.4. The Morgan fingerprint density at radius 1 is 1.21 bits per heavy atom. The molecule has 3 heterocycles. The van der Waals surface area contributed by atoms with E-state index in [1.807, 2.05) is 13.8 Å². The van der Waals surface area contributed by atoms with Gasteiger partial charge in [-0.2, -0.15) is 0 Å². The van der Waals surface area contributed by atoms with Crippen molar-refractivity contribution < 1.29 is 19.5 Å². The summed E-state index contributed by atoms with van der Waals surface area (Å²) in [5, 5.41) is 11.0. The molecule has 3 amide bonds. The van der Waals surface area contributed by atoms with E-state index in [-0.39, 0.29) is 42.0 Å². The Bertz CT molecular complexity index is 1100. The van der Waals surface area contributed by atoms with Gasteiger partial charge in [-0.3, -0.25) is 14.4 Å². The number of aliphatic hydroxyl groups is 1. The van der Waals surface area contributed by atoms with Gasteiger partial charge < -0.3 is 19.8 Å². The number of nitrogens with zero attached hydrogens (tertiary/aromatic N) is 3. The first kappa shape index (κ1) is 28.7. The number of likely N-dealkylation sites (N-methyl/N-ethyl adjacent to an activating group) is 1. The number of thioether (sulfide) groups is 1. The summed E-state index contributed by atoms with van der Waals surface area (Å²) in [6, 6.07) is 5.71. The van der Waals surface area contributed by atoms with Crippen LogP contribution in [0.15, 0.2) is 49.6 Å². The molecule has 0 aromatic heterocycles. The number of fused-ring (bicyclic) bond motifs is 1. The number of likely N-dealkylation sites (tertiary alicyclic amines) is 1. The molecule has 2 unspecified atom stereocenters. The van der Waals surface area contributed by atoms with Crippen LogP contribution in [0, 0.1) is 17.8 Å². The Morgan fingerprint density at radius 3 is 2.45 bits per heavy atom. The maximum Gasteiger partial charge on any atom is 0.251 e. The fraction of sp³-hybridized carbons (Fsp3) is 0.552. The zero-order valence-corrected chi connectivity index (χ0v) is 24.0. The van der Waals surface area contributed by atoms with E-state index in [0.717, 1.165) is 6.42 Å². The highest BCUT2D eigenvalue weighted by atomic mass is 35.5. The van der Waals surface area contributed by atoms with Gasteiger partial charge >= 0.3 is 0 Å². The van der Waals surface area contributed by atoms with E-state index in [4.69, 9.17) is 11.6 Å². The lowest BCUT2D eigenvalue weighted by atomic mass is 9.70. The zero-order chi connectivity index (χ0) is 27.8. The highest BCUT2D eigenvalue weighted by molar-refractivity contribution is 8.02. The number of halogens is 1. The van der Waals surface area contributed by atoms with E-state index in [1.54, 1.807) is 69.9 Å². The van der Waals surface area contributed by atoms with Gasteiger partial charge in [0.1, 0.15) is 6.04 Å². The zero-order valence-electron chi connectivity index (χ0n) is 22.4. The number of anilines is 1. The van der Waals surface area contributed by atoms with Crippen molar-refractivity contribution >= 4 is 46.8 Å². The Kier molecular flexibility index (Phi) is 8.65. The molecule has 38 heavy (non-hydrogen) atoms. The monoisotopic (exact) mass is 559 g/mol. The van der Waals surface area contributed by atoms with Crippen molar-refractivity contribution in [2.45, 2.75) is 55.2 Å². The summed E-state index contributed by atoms with van der Waals surface area (Å²) >= 11 is 7.75. The lowest BCUT2D eigenvalue weighted by molar-refractivity contribution is -0.145. The third kappa shape index (κ3) is 4.80. The van der Waals surface area contributed by atoms with Crippen LogP contribution in [0.1, 0.15) is 33.1 Å². The molecule has 0 saturated carbocycles. The Hall–Kier alpha value is -2.29. The van der Waals surface area contributed by atoms with E-state index < -0.39 is 28.7 Å². The maximum atomic E-state index is 14.6. The predicted octanol–water partition coefficient (Wildman–Crippen LogP) is 4.00. The molecule has 3 fully saturated rings. The van der Waals surface area contributed by atoms with Gasteiger partial charge in [-0.25, -0.2) is 0 Å². The Labute approximate surface area is 234 Å². The van der Waals surface area contributed by atoms with E-state index in [9.17, 15) is 19.5 Å². The molecule has 2 bridgehead atoms. The number of amides is 3. The molecule has 1 spiro atoms. The lowest BCUT2D eigenvalue weighted by Crippen LogP contribution is -2.58. The van der Waals surface area contributed by atoms with Crippen molar-refractivity contribution in [1.82, 2.24) is 9.80 Å². The topological polar surface area (TPSA) is 81.2 Å². The van der Waals surface area contributed by atoms with Gasteiger partial charge in [0, 0.05) is 36.1 Å². The van der Waals surface area contributed by atoms with Crippen LogP contribution >= 0.6 is 23.4 Å². The number of carbonyl (C=O) groups is 3. The fourth-order valence-electron chi connectivity index (χ4n) is 6.62. The summed E-state index contributed by atoms with van der Waals surface area (Å²) in [4.78, 5) is 47.4. The molecule has 1 N–H and O–H groups in total.